The van der Waals surface area contributed by atoms with E-state index in [1.165, 1.54) is 5.56 Å². The number of hydrogen-bond acceptors (Lipinski definition) is 3. The van der Waals surface area contributed by atoms with E-state index in [0.29, 0.717) is 0 Å². The quantitative estimate of drug-likeness (QED) is 0.782. The Balaban J connectivity index is 1.76. The summed E-state index contributed by atoms with van der Waals surface area (Å²) >= 11 is 1.68. The molecule has 112 valence electrons. The second-order valence-electron chi connectivity index (χ2n) is 5.69. The average molecular weight is 296 g/mol. The van der Waals surface area contributed by atoms with Crippen molar-refractivity contribution in [1.29, 1.82) is 0 Å². The molecule has 1 heterocycles. The lowest BCUT2D eigenvalue weighted by molar-refractivity contribution is 0.153. The van der Waals surface area contributed by atoms with E-state index in [0.717, 1.165) is 32.1 Å². The number of carbonyl (C=O) groups is 1. The maximum absolute atomic E-state index is 12.0. The molecule has 5 heteroatoms. The standard InChI is InChI=1S/C15H24N2O2S/c1-11(8-12-6-7-20-10-12)16-15(19)17-14-5-3-2-4-13(14)9-18/h6-7,10-11,13-14,18H,2-5,8-9H2,1H3,(H2,16,17,19)/t11-,13-,14-/m1/s1. The van der Waals surface area contributed by atoms with Crippen LogP contribution < -0.4 is 10.6 Å². The van der Waals surface area contributed by atoms with Gasteiger partial charge in [-0.3, -0.25) is 0 Å². The first-order valence-corrected chi connectivity index (χ1v) is 8.32. The summed E-state index contributed by atoms with van der Waals surface area (Å²) in [5, 5.41) is 19.5. The van der Waals surface area contributed by atoms with E-state index in [-0.39, 0.29) is 30.6 Å². The molecule has 1 aliphatic carbocycles. The fraction of sp³-hybridized carbons (Fsp3) is 0.667. The largest absolute Gasteiger partial charge is 0.396 e. The number of aliphatic hydroxyl groups excluding tert-OH is 1. The van der Waals surface area contributed by atoms with E-state index in [1.54, 1.807) is 11.3 Å². The molecule has 0 radical (unpaired) electrons. The highest BCUT2D eigenvalue weighted by atomic mass is 32.1. The van der Waals surface area contributed by atoms with Crippen LogP contribution in [-0.2, 0) is 6.42 Å². The summed E-state index contributed by atoms with van der Waals surface area (Å²) in [5.74, 6) is 0.210. The van der Waals surface area contributed by atoms with Gasteiger partial charge in [0.25, 0.3) is 0 Å². The molecular formula is C15H24N2O2S. The van der Waals surface area contributed by atoms with Gasteiger partial charge in [-0.2, -0.15) is 11.3 Å². The third-order valence-electron chi connectivity index (χ3n) is 3.96. The van der Waals surface area contributed by atoms with Gasteiger partial charge in [-0.1, -0.05) is 12.8 Å². The number of hydrogen-bond donors (Lipinski definition) is 3. The first kappa shape index (κ1) is 15.3. The Morgan fingerprint density at radius 3 is 3.00 bits per heavy atom. The summed E-state index contributed by atoms with van der Waals surface area (Å²) in [6.45, 7) is 2.18. The molecule has 2 rings (SSSR count). The molecule has 0 spiro atoms. The highest BCUT2D eigenvalue weighted by Gasteiger charge is 2.26. The Hall–Kier alpha value is -1.07. The SMILES string of the molecule is C[C@H](Cc1ccsc1)NC(=O)N[C@@H]1CCCC[C@@H]1CO. The van der Waals surface area contributed by atoms with Crippen molar-refractivity contribution in [3.05, 3.63) is 22.4 Å². The molecule has 1 aliphatic rings. The van der Waals surface area contributed by atoms with Crippen molar-refractivity contribution in [1.82, 2.24) is 10.6 Å². The molecule has 0 aliphatic heterocycles. The number of aliphatic hydroxyl groups is 1. The second-order valence-corrected chi connectivity index (χ2v) is 6.47. The number of rotatable bonds is 5. The number of urea groups is 1. The van der Waals surface area contributed by atoms with Crippen molar-refractivity contribution in [2.75, 3.05) is 6.61 Å². The summed E-state index contributed by atoms with van der Waals surface area (Å²) in [7, 11) is 0. The molecule has 3 N–H and O–H groups in total. The van der Waals surface area contributed by atoms with E-state index < -0.39 is 0 Å². The lowest BCUT2D eigenvalue weighted by Crippen LogP contribution is -2.50. The molecule has 2 amide bonds. The molecule has 3 atom stereocenters. The number of thiophene rings is 1. The van der Waals surface area contributed by atoms with E-state index >= 15 is 0 Å². The predicted octanol–water partition coefficient (Wildman–Crippen LogP) is 2.53. The van der Waals surface area contributed by atoms with Crippen LogP contribution in [-0.4, -0.2) is 29.8 Å². The normalized spacial score (nSPS) is 24.1. The van der Waals surface area contributed by atoms with Gasteiger partial charge in [0.15, 0.2) is 0 Å². The first-order valence-electron chi connectivity index (χ1n) is 7.38. The van der Waals surface area contributed by atoms with Crippen LogP contribution in [0.15, 0.2) is 16.8 Å². The van der Waals surface area contributed by atoms with E-state index in [9.17, 15) is 9.90 Å². The van der Waals surface area contributed by atoms with Crippen LogP contribution in [0.2, 0.25) is 0 Å². The summed E-state index contributed by atoms with van der Waals surface area (Å²) in [6.07, 6.45) is 5.11. The minimum atomic E-state index is -0.113. The van der Waals surface area contributed by atoms with Crippen molar-refractivity contribution in [2.45, 2.75) is 51.1 Å². The maximum Gasteiger partial charge on any atom is 0.315 e. The highest BCUT2D eigenvalue weighted by Crippen LogP contribution is 2.23. The average Bonchev–Trinajstić information content (AvgIpc) is 2.91. The molecule has 0 aromatic carbocycles. The van der Waals surface area contributed by atoms with Crippen molar-refractivity contribution < 1.29 is 9.90 Å². The van der Waals surface area contributed by atoms with Crippen LogP contribution in [0, 0.1) is 5.92 Å². The van der Waals surface area contributed by atoms with Gasteiger partial charge in [-0.15, -0.1) is 0 Å². The Kier molecular flexibility index (Phi) is 5.86. The van der Waals surface area contributed by atoms with Crippen LogP contribution in [0.3, 0.4) is 0 Å². The minimum absolute atomic E-state index is 0.112. The maximum atomic E-state index is 12.0. The fourth-order valence-electron chi connectivity index (χ4n) is 2.86. The van der Waals surface area contributed by atoms with Gasteiger partial charge in [0.05, 0.1) is 0 Å². The van der Waals surface area contributed by atoms with Gasteiger partial charge >= 0.3 is 6.03 Å². The molecule has 20 heavy (non-hydrogen) atoms. The third kappa shape index (κ3) is 4.49. The smallest absolute Gasteiger partial charge is 0.315 e. The van der Waals surface area contributed by atoms with Gasteiger partial charge < -0.3 is 15.7 Å². The lowest BCUT2D eigenvalue weighted by Gasteiger charge is -2.31. The summed E-state index contributed by atoms with van der Waals surface area (Å²) < 4.78 is 0. The molecule has 1 aromatic rings. The molecule has 1 saturated carbocycles. The van der Waals surface area contributed by atoms with E-state index in [1.807, 2.05) is 6.92 Å². The molecule has 1 fully saturated rings. The van der Waals surface area contributed by atoms with Crippen molar-refractivity contribution >= 4 is 17.4 Å². The van der Waals surface area contributed by atoms with Crippen molar-refractivity contribution in [2.24, 2.45) is 5.92 Å². The van der Waals surface area contributed by atoms with Crippen LogP contribution >= 0.6 is 11.3 Å². The van der Waals surface area contributed by atoms with Crippen LogP contribution in [0.4, 0.5) is 4.79 Å². The zero-order valence-electron chi connectivity index (χ0n) is 12.0. The number of nitrogens with one attached hydrogen (secondary N) is 2. The van der Waals surface area contributed by atoms with Gasteiger partial charge in [0, 0.05) is 24.6 Å². The third-order valence-corrected chi connectivity index (χ3v) is 4.69. The molecule has 0 unspecified atom stereocenters. The monoisotopic (exact) mass is 296 g/mol. The van der Waals surface area contributed by atoms with Crippen LogP contribution in [0.5, 0.6) is 0 Å². The topological polar surface area (TPSA) is 61.4 Å². The van der Waals surface area contributed by atoms with Gasteiger partial charge in [0.2, 0.25) is 0 Å². The Morgan fingerprint density at radius 2 is 2.30 bits per heavy atom. The van der Waals surface area contributed by atoms with E-state index in [4.69, 9.17) is 0 Å². The summed E-state index contributed by atoms with van der Waals surface area (Å²) in [6, 6.07) is 2.20. The molecular weight excluding hydrogens is 272 g/mol. The van der Waals surface area contributed by atoms with Gasteiger partial charge in [-0.05, 0) is 48.6 Å². The Labute approximate surface area is 124 Å². The lowest BCUT2D eigenvalue weighted by atomic mass is 9.85. The first-order chi connectivity index (χ1) is 9.69. The number of amides is 2. The van der Waals surface area contributed by atoms with Crippen molar-refractivity contribution in [3.8, 4) is 0 Å². The Bertz CT molecular complexity index is 408. The van der Waals surface area contributed by atoms with Crippen LogP contribution in [0.1, 0.15) is 38.2 Å². The Morgan fingerprint density at radius 1 is 1.50 bits per heavy atom. The molecule has 1 aromatic heterocycles. The summed E-state index contributed by atoms with van der Waals surface area (Å²) in [5.41, 5.74) is 1.26. The molecule has 4 nitrogen and oxygen atoms in total. The zero-order valence-corrected chi connectivity index (χ0v) is 12.8. The molecule has 0 bridgehead atoms. The highest BCUT2D eigenvalue weighted by molar-refractivity contribution is 7.07. The number of carbonyl (C=O) groups excluding carboxylic acids is 1. The zero-order chi connectivity index (χ0) is 14.4. The minimum Gasteiger partial charge on any atom is -0.396 e. The van der Waals surface area contributed by atoms with Gasteiger partial charge in [0.1, 0.15) is 0 Å². The predicted molar refractivity (Wildman–Crippen MR) is 82.0 cm³/mol. The fourth-order valence-corrected chi connectivity index (χ4v) is 3.54. The van der Waals surface area contributed by atoms with Crippen molar-refractivity contribution in [3.63, 3.8) is 0 Å². The van der Waals surface area contributed by atoms with Crippen LogP contribution in [0.25, 0.3) is 0 Å². The van der Waals surface area contributed by atoms with E-state index in [2.05, 4.69) is 27.5 Å². The summed E-state index contributed by atoms with van der Waals surface area (Å²) in [4.78, 5) is 12.0. The van der Waals surface area contributed by atoms with Gasteiger partial charge in [-0.25, -0.2) is 4.79 Å². The second kappa shape index (κ2) is 7.64. The molecule has 0 saturated heterocycles.